The molecule has 1 heterocycles. The predicted molar refractivity (Wildman–Crippen MR) is 171 cm³/mol. The average Bonchev–Trinajstić information content (AvgIpc) is 3.00. The molecule has 0 saturated carbocycles. The van der Waals surface area contributed by atoms with Gasteiger partial charge in [-0.3, -0.25) is 14.4 Å². The molecule has 4 atom stereocenters. The molecule has 46 heavy (non-hydrogen) atoms. The highest BCUT2D eigenvalue weighted by Gasteiger charge is 2.30. The maximum Gasteiger partial charge on any atom is 0.328 e. The Morgan fingerprint density at radius 3 is 2.48 bits per heavy atom. The average molecular weight is 658 g/mol. The summed E-state index contributed by atoms with van der Waals surface area (Å²) in [5, 5.41) is 14.1. The van der Waals surface area contributed by atoms with Gasteiger partial charge in [-0.25, -0.2) is 14.0 Å². The summed E-state index contributed by atoms with van der Waals surface area (Å²) in [6, 6.07) is 8.16. The first-order chi connectivity index (χ1) is 21.9. The smallest absolute Gasteiger partial charge is 0.328 e. The SMILES string of the molecule is COC(=O)C(NC(=O)NC(Cc1cccc(Cl)c1)C(=O)N[C@H]1CCCCNC(=O)/C=C/[C@H](Cc2cccc(F)c2)NC1=O)C(C)C. The maximum absolute atomic E-state index is 13.9. The van der Waals surface area contributed by atoms with Crippen molar-refractivity contribution in [2.24, 2.45) is 5.92 Å². The van der Waals surface area contributed by atoms with Gasteiger partial charge < -0.3 is 31.3 Å². The summed E-state index contributed by atoms with van der Waals surface area (Å²) in [6.07, 6.45) is 4.39. The first-order valence-corrected chi connectivity index (χ1v) is 15.5. The number of hydrogen-bond donors (Lipinski definition) is 5. The van der Waals surface area contributed by atoms with E-state index in [-0.39, 0.29) is 31.1 Å². The van der Waals surface area contributed by atoms with Gasteiger partial charge in [0.2, 0.25) is 17.7 Å². The van der Waals surface area contributed by atoms with E-state index in [1.54, 1.807) is 50.2 Å². The van der Waals surface area contributed by atoms with Crippen molar-refractivity contribution in [3.8, 4) is 0 Å². The van der Waals surface area contributed by atoms with Crippen molar-refractivity contribution in [1.82, 2.24) is 26.6 Å². The molecule has 0 bridgehead atoms. The van der Waals surface area contributed by atoms with Crippen molar-refractivity contribution in [1.29, 1.82) is 0 Å². The number of nitrogens with one attached hydrogen (secondary N) is 5. The van der Waals surface area contributed by atoms with Gasteiger partial charge in [-0.05, 0) is 67.0 Å². The molecule has 11 nitrogen and oxygen atoms in total. The van der Waals surface area contributed by atoms with Gasteiger partial charge in [0.1, 0.15) is 23.9 Å². The van der Waals surface area contributed by atoms with E-state index in [1.807, 2.05) is 0 Å². The highest BCUT2D eigenvalue weighted by Crippen LogP contribution is 2.14. The summed E-state index contributed by atoms with van der Waals surface area (Å²) >= 11 is 6.16. The molecule has 0 spiro atoms. The number of urea groups is 1. The molecule has 2 aromatic carbocycles. The molecule has 3 rings (SSSR count). The second kappa shape index (κ2) is 17.9. The van der Waals surface area contributed by atoms with Crippen LogP contribution in [0.25, 0.3) is 0 Å². The van der Waals surface area contributed by atoms with Gasteiger partial charge in [-0.15, -0.1) is 0 Å². The largest absolute Gasteiger partial charge is 0.467 e. The van der Waals surface area contributed by atoms with E-state index in [2.05, 4.69) is 26.6 Å². The minimum Gasteiger partial charge on any atom is -0.467 e. The lowest BCUT2D eigenvalue weighted by atomic mass is 10.0. The van der Waals surface area contributed by atoms with Crippen LogP contribution in [0, 0.1) is 11.7 Å². The number of carbonyl (C=O) groups excluding carboxylic acids is 5. The van der Waals surface area contributed by atoms with E-state index in [9.17, 15) is 28.4 Å². The van der Waals surface area contributed by atoms with Gasteiger partial charge in [0.15, 0.2) is 0 Å². The molecule has 5 amide bonds. The molecule has 0 aromatic heterocycles. The minimum atomic E-state index is -1.15. The van der Waals surface area contributed by atoms with Crippen LogP contribution in [-0.2, 0) is 36.8 Å². The van der Waals surface area contributed by atoms with Crippen molar-refractivity contribution in [2.75, 3.05) is 13.7 Å². The van der Waals surface area contributed by atoms with Crippen LogP contribution < -0.4 is 26.6 Å². The van der Waals surface area contributed by atoms with Gasteiger partial charge in [0, 0.05) is 24.1 Å². The molecular weight excluding hydrogens is 617 g/mol. The van der Waals surface area contributed by atoms with Crippen LogP contribution in [0.2, 0.25) is 5.02 Å². The molecule has 13 heteroatoms. The zero-order valence-corrected chi connectivity index (χ0v) is 26.9. The Morgan fingerprint density at radius 1 is 1.04 bits per heavy atom. The van der Waals surface area contributed by atoms with Crippen molar-refractivity contribution in [3.05, 3.63) is 82.6 Å². The Balaban J connectivity index is 1.83. The number of amides is 5. The molecule has 5 N–H and O–H groups in total. The molecule has 0 saturated heterocycles. The molecule has 1 aliphatic heterocycles. The minimum absolute atomic E-state index is 0.0374. The molecular formula is C33H41ClFN5O6. The Kier molecular flexibility index (Phi) is 14.0. The van der Waals surface area contributed by atoms with Crippen LogP contribution in [0.5, 0.6) is 0 Å². The van der Waals surface area contributed by atoms with Crippen LogP contribution in [0.1, 0.15) is 44.2 Å². The number of benzene rings is 2. The Labute approximate surface area is 273 Å². The first-order valence-electron chi connectivity index (χ1n) is 15.2. The number of ether oxygens (including phenoxy) is 1. The summed E-state index contributed by atoms with van der Waals surface area (Å²) in [5.74, 6) is -2.81. The van der Waals surface area contributed by atoms with Crippen molar-refractivity contribution in [3.63, 3.8) is 0 Å². The third kappa shape index (κ3) is 11.8. The first kappa shape index (κ1) is 36.0. The zero-order chi connectivity index (χ0) is 33.6. The lowest BCUT2D eigenvalue weighted by Gasteiger charge is -2.26. The van der Waals surface area contributed by atoms with Gasteiger partial charge >= 0.3 is 12.0 Å². The third-order valence-electron chi connectivity index (χ3n) is 7.36. The van der Waals surface area contributed by atoms with E-state index in [0.29, 0.717) is 35.5 Å². The summed E-state index contributed by atoms with van der Waals surface area (Å²) in [6.45, 7) is 3.85. The van der Waals surface area contributed by atoms with Crippen LogP contribution in [-0.4, -0.2) is 67.5 Å². The summed E-state index contributed by atoms with van der Waals surface area (Å²) in [7, 11) is 1.22. The van der Waals surface area contributed by atoms with Gasteiger partial charge in [-0.1, -0.05) is 55.8 Å². The van der Waals surface area contributed by atoms with E-state index in [0.717, 1.165) is 0 Å². The monoisotopic (exact) mass is 657 g/mol. The highest BCUT2D eigenvalue weighted by molar-refractivity contribution is 6.30. The highest BCUT2D eigenvalue weighted by atomic mass is 35.5. The number of halogens is 2. The molecule has 2 aromatic rings. The van der Waals surface area contributed by atoms with Crippen molar-refractivity contribution < 1.29 is 33.1 Å². The van der Waals surface area contributed by atoms with Crippen molar-refractivity contribution >= 4 is 41.3 Å². The second-order valence-corrected chi connectivity index (χ2v) is 11.8. The molecule has 1 aliphatic rings. The maximum atomic E-state index is 13.9. The number of carbonyl (C=O) groups is 5. The fourth-order valence-corrected chi connectivity index (χ4v) is 5.14. The molecule has 0 radical (unpaired) electrons. The summed E-state index contributed by atoms with van der Waals surface area (Å²) < 4.78 is 18.7. The van der Waals surface area contributed by atoms with Crippen molar-refractivity contribution in [2.45, 2.75) is 70.1 Å². The fraction of sp³-hybridized carbons (Fsp3) is 0.424. The van der Waals surface area contributed by atoms with Crippen LogP contribution in [0.4, 0.5) is 9.18 Å². The summed E-state index contributed by atoms with van der Waals surface area (Å²) in [5.41, 5.74) is 1.26. The molecule has 0 aliphatic carbocycles. The van der Waals surface area contributed by atoms with E-state index in [1.165, 1.54) is 31.4 Å². The van der Waals surface area contributed by atoms with E-state index >= 15 is 0 Å². The normalized spacial score (nSPS) is 19.3. The Morgan fingerprint density at radius 2 is 1.78 bits per heavy atom. The molecule has 0 fully saturated rings. The molecule has 2 unspecified atom stereocenters. The lowest BCUT2D eigenvalue weighted by molar-refractivity contribution is -0.144. The van der Waals surface area contributed by atoms with Crippen LogP contribution in [0.15, 0.2) is 60.7 Å². The van der Waals surface area contributed by atoms with Gasteiger partial charge in [-0.2, -0.15) is 0 Å². The van der Waals surface area contributed by atoms with Gasteiger partial charge in [0.05, 0.1) is 13.2 Å². The zero-order valence-electron chi connectivity index (χ0n) is 26.1. The van der Waals surface area contributed by atoms with E-state index in [4.69, 9.17) is 16.3 Å². The fourth-order valence-electron chi connectivity index (χ4n) is 4.93. The number of rotatable bonds is 10. The number of methoxy groups -OCH3 is 1. The lowest BCUT2D eigenvalue weighted by Crippen LogP contribution is -2.58. The standard InChI is InChI=1S/C33H41ClFN5O6/c1-20(2)29(32(44)46-3)40-33(45)39-27(19-21-8-6-10-23(34)16-21)31(43)38-26-12-4-5-15-36-28(41)14-13-25(37-30(26)42)18-22-9-7-11-24(35)17-22/h6-11,13-14,16-17,20,25-27,29H,4-5,12,15,18-19H2,1-3H3,(H,36,41)(H,37,42)(H,38,43)(H2,39,40,45)/b14-13+/t25-,26+,27?,29?/m1/s1. The molecule has 248 valence electrons. The van der Waals surface area contributed by atoms with E-state index < -0.39 is 53.8 Å². The van der Waals surface area contributed by atoms with Crippen LogP contribution in [0.3, 0.4) is 0 Å². The predicted octanol–water partition coefficient (Wildman–Crippen LogP) is 2.96. The number of hydrogen-bond acceptors (Lipinski definition) is 6. The number of esters is 1. The third-order valence-corrected chi connectivity index (χ3v) is 7.60. The quantitative estimate of drug-likeness (QED) is 0.248. The van der Waals surface area contributed by atoms with Crippen LogP contribution >= 0.6 is 11.6 Å². The Hall–Kier alpha value is -4.45. The Bertz CT molecular complexity index is 1420. The second-order valence-electron chi connectivity index (χ2n) is 11.4. The summed E-state index contributed by atoms with van der Waals surface area (Å²) in [4.78, 5) is 64.8. The van der Waals surface area contributed by atoms with Gasteiger partial charge in [0.25, 0.3) is 0 Å². The topological polar surface area (TPSA) is 155 Å².